The Kier molecular flexibility index (Phi) is 5.36. The van der Waals surface area contributed by atoms with Gasteiger partial charge in [0.25, 0.3) is 0 Å². The van der Waals surface area contributed by atoms with E-state index in [0.717, 1.165) is 18.5 Å². The van der Waals surface area contributed by atoms with E-state index in [-0.39, 0.29) is 0 Å². The maximum absolute atomic E-state index is 6.20. The molecule has 20 heavy (non-hydrogen) atoms. The number of nitrogens with zero attached hydrogens (tertiary/aromatic N) is 2. The molecule has 2 N–H and O–H groups in total. The lowest BCUT2D eigenvalue weighted by Crippen LogP contribution is -2.59. The molecule has 0 spiro atoms. The summed E-state index contributed by atoms with van der Waals surface area (Å²) in [5.41, 5.74) is 6.20. The van der Waals surface area contributed by atoms with Crippen LogP contribution in [0.4, 0.5) is 0 Å². The van der Waals surface area contributed by atoms with Crippen molar-refractivity contribution in [1.82, 2.24) is 9.80 Å². The van der Waals surface area contributed by atoms with Crippen molar-refractivity contribution >= 4 is 0 Å². The van der Waals surface area contributed by atoms with Gasteiger partial charge in [-0.05, 0) is 38.1 Å². The Bertz CT molecular complexity index is 286. The van der Waals surface area contributed by atoms with Gasteiger partial charge < -0.3 is 5.73 Å². The molecule has 116 valence electrons. The SMILES string of the molecule is NCC(C1CCCCCC1)N1CCN2CCCCC2C1. The van der Waals surface area contributed by atoms with Gasteiger partial charge in [-0.25, -0.2) is 0 Å². The van der Waals surface area contributed by atoms with Gasteiger partial charge >= 0.3 is 0 Å². The lowest BCUT2D eigenvalue weighted by atomic mass is 9.89. The van der Waals surface area contributed by atoms with E-state index in [4.69, 9.17) is 5.73 Å². The molecule has 2 aliphatic heterocycles. The van der Waals surface area contributed by atoms with Crippen LogP contribution in [0.5, 0.6) is 0 Å². The maximum atomic E-state index is 6.20. The van der Waals surface area contributed by atoms with E-state index in [1.807, 2.05) is 0 Å². The minimum atomic E-state index is 0.664. The molecular weight excluding hydrogens is 246 g/mol. The number of piperidine rings is 1. The third kappa shape index (κ3) is 3.37. The highest BCUT2D eigenvalue weighted by Crippen LogP contribution is 2.30. The molecule has 0 aromatic rings. The molecule has 0 aromatic carbocycles. The Hall–Kier alpha value is -0.120. The summed E-state index contributed by atoms with van der Waals surface area (Å²) in [5, 5.41) is 0. The van der Waals surface area contributed by atoms with E-state index in [1.54, 1.807) is 0 Å². The lowest BCUT2D eigenvalue weighted by molar-refractivity contribution is 0.0125. The molecule has 1 aliphatic carbocycles. The zero-order chi connectivity index (χ0) is 13.8. The predicted molar refractivity (Wildman–Crippen MR) is 84.8 cm³/mol. The first-order valence-electron chi connectivity index (χ1n) is 9.06. The zero-order valence-electron chi connectivity index (χ0n) is 13.1. The molecule has 0 aromatic heterocycles. The third-order valence-electron chi connectivity index (χ3n) is 6.02. The van der Waals surface area contributed by atoms with Gasteiger partial charge in [-0.2, -0.15) is 0 Å². The van der Waals surface area contributed by atoms with Crippen LogP contribution in [0.1, 0.15) is 57.8 Å². The topological polar surface area (TPSA) is 32.5 Å². The number of hydrogen-bond donors (Lipinski definition) is 1. The van der Waals surface area contributed by atoms with Crippen molar-refractivity contribution in [2.75, 3.05) is 32.7 Å². The van der Waals surface area contributed by atoms with E-state index >= 15 is 0 Å². The third-order valence-corrected chi connectivity index (χ3v) is 6.02. The summed E-state index contributed by atoms with van der Waals surface area (Å²) in [4.78, 5) is 5.50. The van der Waals surface area contributed by atoms with Crippen LogP contribution in [-0.4, -0.2) is 54.6 Å². The Morgan fingerprint density at radius 2 is 1.60 bits per heavy atom. The second kappa shape index (κ2) is 7.24. The first-order chi connectivity index (χ1) is 9.88. The minimum Gasteiger partial charge on any atom is -0.329 e. The molecule has 3 fully saturated rings. The Balaban J connectivity index is 1.60. The maximum Gasteiger partial charge on any atom is 0.0247 e. The van der Waals surface area contributed by atoms with Crippen LogP contribution >= 0.6 is 0 Å². The molecule has 3 aliphatic rings. The highest BCUT2D eigenvalue weighted by Gasteiger charge is 2.34. The second-order valence-electron chi connectivity index (χ2n) is 7.24. The minimum absolute atomic E-state index is 0.664. The van der Waals surface area contributed by atoms with E-state index in [9.17, 15) is 0 Å². The van der Waals surface area contributed by atoms with Crippen molar-refractivity contribution in [3.05, 3.63) is 0 Å². The summed E-state index contributed by atoms with van der Waals surface area (Å²) in [5.74, 6) is 0.873. The van der Waals surface area contributed by atoms with Gasteiger partial charge in [-0.3, -0.25) is 9.80 Å². The smallest absolute Gasteiger partial charge is 0.0247 e. The molecule has 2 unspecified atom stereocenters. The fourth-order valence-electron chi connectivity index (χ4n) is 4.82. The van der Waals surface area contributed by atoms with Gasteiger partial charge in [0.05, 0.1) is 0 Å². The summed E-state index contributed by atoms with van der Waals surface area (Å²) < 4.78 is 0. The fraction of sp³-hybridized carbons (Fsp3) is 1.00. The summed E-state index contributed by atoms with van der Waals surface area (Å²) in [6.07, 6.45) is 12.9. The van der Waals surface area contributed by atoms with E-state index in [1.165, 1.54) is 84.0 Å². The Labute approximate surface area is 124 Å². The average Bonchev–Trinajstić information content (AvgIpc) is 2.77. The van der Waals surface area contributed by atoms with Crippen LogP contribution in [0, 0.1) is 5.92 Å². The predicted octanol–water partition coefficient (Wildman–Crippen LogP) is 2.45. The molecule has 0 bridgehead atoms. The summed E-state index contributed by atoms with van der Waals surface area (Å²) in [6, 6.07) is 1.49. The molecule has 2 atom stereocenters. The van der Waals surface area contributed by atoms with Crippen LogP contribution in [0.3, 0.4) is 0 Å². The standard InChI is InChI=1S/C17H33N3/c18-13-17(15-7-3-1-2-4-8-15)20-12-11-19-10-6-5-9-16(19)14-20/h15-17H,1-14,18H2. The lowest BCUT2D eigenvalue weighted by Gasteiger charge is -2.48. The second-order valence-corrected chi connectivity index (χ2v) is 7.24. The number of piperazine rings is 1. The summed E-state index contributed by atoms with van der Waals surface area (Å²) >= 11 is 0. The van der Waals surface area contributed by atoms with Crippen molar-refractivity contribution in [3.8, 4) is 0 Å². The van der Waals surface area contributed by atoms with Gasteiger partial charge in [0, 0.05) is 38.3 Å². The van der Waals surface area contributed by atoms with Crippen molar-refractivity contribution < 1.29 is 0 Å². The van der Waals surface area contributed by atoms with Crippen molar-refractivity contribution in [2.24, 2.45) is 11.7 Å². The van der Waals surface area contributed by atoms with Crippen molar-refractivity contribution in [2.45, 2.75) is 69.9 Å². The van der Waals surface area contributed by atoms with Crippen LogP contribution in [0.25, 0.3) is 0 Å². The van der Waals surface area contributed by atoms with Crippen LogP contribution in [-0.2, 0) is 0 Å². The molecule has 2 heterocycles. The molecule has 0 radical (unpaired) electrons. The first kappa shape index (κ1) is 14.8. The Morgan fingerprint density at radius 1 is 0.850 bits per heavy atom. The number of nitrogens with two attached hydrogens (primary N) is 1. The highest BCUT2D eigenvalue weighted by atomic mass is 15.3. The Morgan fingerprint density at radius 3 is 2.35 bits per heavy atom. The molecule has 3 nitrogen and oxygen atoms in total. The van der Waals surface area contributed by atoms with Gasteiger partial charge in [0.15, 0.2) is 0 Å². The summed E-state index contributed by atoms with van der Waals surface area (Å²) in [6.45, 7) is 6.05. The van der Waals surface area contributed by atoms with Crippen molar-refractivity contribution in [3.63, 3.8) is 0 Å². The largest absolute Gasteiger partial charge is 0.329 e. The van der Waals surface area contributed by atoms with E-state index < -0.39 is 0 Å². The first-order valence-corrected chi connectivity index (χ1v) is 9.06. The number of fused-ring (bicyclic) bond motifs is 1. The molecule has 3 heteroatoms. The quantitative estimate of drug-likeness (QED) is 0.806. The van der Waals surface area contributed by atoms with Crippen LogP contribution < -0.4 is 5.73 Å². The highest BCUT2D eigenvalue weighted by molar-refractivity contribution is 4.90. The summed E-state index contributed by atoms with van der Waals surface area (Å²) in [7, 11) is 0. The van der Waals surface area contributed by atoms with Crippen molar-refractivity contribution in [1.29, 1.82) is 0 Å². The van der Waals surface area contributed by atoms with E-state index in [0.29, 0.717) is 6.04 Å². The average molecular weight is 279 g/mol. The van der Waals surface area contributed by atoms with E-state index in [2.05, 4.69) is 9.80 Å². The normalized spacial score (nSPS) is 32.5. The van der Waals surface area contributed by atoms with Gasteiger partial charge in [0.1, 0.15) is 0 Å². The van der Waals surface area contributed by atoms with Gasteiger partial charge in [-0.15, -0.1) is 0 Å². The molecule has 1 saturated carbocycles. The monoisotopic (exact) mass is 279 g/mol. The van der Waals surface area contributed by atoms with Gasteiger partial charge in [0.2, 0.25) is 0 Å². The van der Waals surface area contributed by atoms with Gasteiger partial charge in [-0.1, -0.05) is 32.1 Å². The number of hydrogen-bond acceptors (Lipinski definition) is 3. The van der Waals surface area contributed by atoms with Crippen LogP contribution in [0.15, 0.2) is 0 Å². The molecule has 3 rings (SSSR count). The molecule has 2 saturated heterocycles. The van der Waals surface area contributed by atoms with Crippen LogP contribution in [0.2, 0.25) is 0 Å². The zero-order valence-corrected chi connectivity index (χ0v) is 13.1. The number of rotatable bonds is 3. The molecule has 0 amide bonds. The fourth-order valence-corrected chi connectivity index (χ4v) is 4.82. The molecular formula is C17H33N3.